The van der Waals surface area contributed by atoms with Gasteiger partial charge in [0.15, 0.2) is 5.16 Å². The molecule has 0 aliphatic rings. The molecule has 7 heteroatoms. The molecule has 0 aliphatic heterocycles. The third-order valence-corrected chi connectivity index (χ3v) is 4.09. The predicted octanol–water partition coefficient (Wildman–Crippen LogP) is 3.12. The summed E-state index contributed by atoms with van der Waals surface area (Å²) >= 11 is 7.72. The summed E-state index contributed by atoms with van der Waals surface area (Å²) in [5, 5.41) is 4.56. The van der Waals surface area contributed by atoms with E-state index in [-0.39, 0.29) is 6.04 Å². The summed E-state index contributed by atoms with van der Waals surface area (Å²) in [5.41, 5.74) is 12.4. The number of halogens is 1. The molecule has 2 aromatic rings. The standard InChI is InChI=1S/C14H18ClN5S/c1-3-18-8(2)10-5-4-9(6-11(10)15)21-14-19-12(16)7-13(17)20-14/h4-8,18H,3H2,1-2H3,(H4,16,17,19,20). The van der Waals surface area contributed by atoms with Crippen LogP contribution >= 0.6 is 23.4 Å². The van der Waals surface area contributed by atoms with Crippen molar-refractivity contribution >= 4 is 35.0 Å². The molecule has 1 unspecified atom stereocenters. The van der Waals surface area contributed by atoms with Crippen molar-refractivity contribution in [2.75, 3.05) is 18.0 Å². The van der Waals surface area contributed by atoms with Crippen molar-refractivity contribution in [3.8, 4) is 0 Å². The van der Waals surface area contributed by atoms with Crippen molar-refractivity contribution in [1.82, 2.24) is 15.3 Å². The molecule has 1 aromatic heterocycles. The van der Waals surface area contributed by atoms with Crippen LogP contribution in [0.5, 0.6) is 0 Å². The van der Waals surface area contributed by atoms with E-state index in [4.69, 9.17) is 23.1 Å². The van der Waals surface area contributed by atoms with Gasteiger partial charge in [-0.1, -0.05) is 24.6 Å². The highest BCUT2D eigenvalue weighted by Crippen LogP contribution is 2.31. The topological polar surface area (TPSA) is 89.8 Å². The Hall–Kier alpha value is -1.50. The van der Waals surface area contributed by atoms with Gasteiger partial charge in [0.1, 0.15) is 11.6 Å². The molecule has 0 spiro atoms. The first-order valence-electron chi connectivity index (χ1n) is 6.60. The van der Waals surface area contributed by atoms with Crippen LogP contribution < -0.4 is 16.8 Å². The Balaban J connectivity index is 2.20. The zero-order valence-electron chi connectivity index (χ0n) is 11.9. The van der Waals surface area contributed by atoms with Gasteiger partial charge in [0.25, 0.3) is 0 Å². The number of hydrogen-bond donors (Lipinski definition) is 3. The number of nitrogens with zero attached hydrogens (tertiary/aromatic N) is 2. The summed E-state index contributed by atoms with van der Waals surface area (Å²) < 4.78 is 0. The molecule has 0 bridgehead atoms. The van der Waals surface area contributed by atoms with E-state index < -0.39 is 0 Å². The fraction of sp³-hybridized carbons (Fsp3) is 0.286. The second-order valence-electron chi connectivity index (χ2n) is 4.56. The molecule has 1 aromatic carbocycles. The van der Waals surface area contributed by atoms with Gasteiger partial charge in [-0.05, 0) is 42.9 Å². The average molecular weight is 324 g/mol. The van der Waals surface area contributed by atoms with E-state index >= 15 is 0 Å². The maximum Gasteiger partial charge on any atom is 0.196 e. The van der Waals surface area contributed by atoms with Gasteiger partial charge in [0, 0.05) is 22.0 Å². The van der Waals surface area contributed by atoms with Gasteiger partial charge in [-0.2, -0.15) is 0 Å². The molecule has 5 nitrogen and oxygen atoms in total. The molecule has 0 saturated heterocycles. The Morgan fingerprint density at radius 2 is 1.90 bits per heavy atom. The first-order valence-corrected chi connectivity index (χ1v) is 7.79. The van der Waals surface area contributed by atoms with Crippen molar-refractivity contribution in [3.05, 3.63) is 34.9 Å². The van der Waals surface area contributed by atoms with Crippen molar-refractivity contribution < 1.29 is 0 Å². The van der Waals surface area contributed by atoms with Crippen molar-refractivity contribution in [1.29, 1.82) is 0 Å². The maximum atomic E-state index is 6.35. The molecule has 1 heterocycles. The van der Waals surface area contributed by atoms with E-state index in [1.807, 2.05) is 18.2 Å². The lowest BCUT2D eigenvalue weighted by atomic mass is 10.1. The highest BCUT2D eigenvalue weighted by molar-refractivity contribution is 7.99. The quantitative estimate of drug-likeness (QED) is 0.732. The van der Waals surface area contributed by atoms with E-state index in [1.54, 1.807) is 0 Å². The molecule has 21 heavy (non-hydrogen) atoms. The predicted molar refractivity (Wildman–Crippen MR) is 88.5 cm³/mol. The first-order chi connectivity index (χ1) is 9.99. The van der Waals surface area contributed by atoms with Crippen LogP contribution in [0, 0.1) is 0 Å². The van der Waals surface area contributed by atoms with Crippen LogP contribution in [0.3, 0.4) is 0 Å². The van der Waals surface area contributed by atoms with Gasteiger partial charge in [0.2, 0.25) is 0 Å². The largest absolute Gasteiger partial charge is 0.383 e. The minimum atomic E-state index is 0.209. The zero-order valence-corrected chi connectivity index (χ0v) is 13.5. The minimum absolute atomic E-state index is 0.209. The molecule has 5 N–H and O–H groups in total. The first kappa shape index (κ1) is 15.9. The summed E-state index contributed by atoms with van der Waals surface area (Å²) in [6, 6.07) is 7.63. The van der Waals surface area contributed by atoms with E-state index in [1.165, 1.54) is 17.8 Å². The number of nitrogen functional groups attached to an aromatic ring is 2. The summed E-state index contributed by atoms with van der Waals surface area (Å²) in [7, 11) is 0. The van der Waals surface area contributed by atoms with Gasteiger partial charge < -0.3 is 16.8 Å². The molecule has 0 radical (unpaired) electrons. The van der Waals surface area contributed by atoms with Gasteiger partial charge in [-0.15, -0.1) is 0 Å². The molecule has 112 valence electrons. The Kier molecular flexibility index (Phi) is 5.27. The van der Waals surface area contributed by atoms with Crippen molar-refractivity contribution in [3.63, 3.8) is 0 Å². The molecule has 0 fully saturated rings. The fourth-order valence-electron chi connectivity index (χ4n) is 1.95. The Morgan fingerprint density at radius 1 is 1.24 bits per heavy atom. The van der Waals surface area contributed by atoms with Gasteiger partial charge in [0.05, 0.1) is 0 Å². The third kappa shape index (κ3) is 4.23. The zero-order chi connectivity index (χ0) is 15.4. The maximum absolute atomic E-state index is 6.35. The van der Waals surface area contributed by atoms with Gasteiger partial charge in [-0.25, -0.2) is 9.97 Å². The summed E-state index contributed by atoms with van der Waals surface area (Å²) in [6.45, 7) is 5.04. The number of rotatable bonds is 5. The normalized spacial score (nSPS) is 12.3. The summed E-state index contributed by atoms with van der Waals surface area (Å²) in [4.78, 5) is 9.22. The summed E-state index contributed by atoms with van der Waals surface area (Å²) in [5.74, 6) is 0.710. The second-order valence-corrected chi connectivity index (χ2v) is 6.01. The molecule has 0 amide bonds. The van der Waals surface area contributed by atoms with Crippen LogP contribution in [0.4, 0.5) is 11.6 Å². The molecular formula is C14H18ClN5S. The van der Waals surface area contributed by atoms with Crippen LogP contribution in [0.15, 0.2) is 34.3 Å². The fourth-order valence-corrected chi connectivity index (χ4v) is 3.19. The Bertz CT molecular complexity index is 615. The molecule has 1 atom stereocenters. The molecule has 2 rings (SSSR count). The number of hydrogen-bond acceptors (Lipinski definition) is 6. The van der Waals surface area contributed by atoms with Gasteiger partial charge in [-0.3, -0.25) is 0 Å². The van der Waals surface area contributed by atoms with E-state index in [9.17, 15) is 0 Å². The monoisotopic (exact) mass is 323 g/mol. The smallest absolute Gasteiger partial charge is 0.196 e. The van der Waals surface area contributed by atoms with Crippen LogP contribution in [-0.2, 0) is 0 Å². The third-order valence-electron chi connectivity index (χ3n) is 2.90. The number of nitrogens with one attached hydrogen (secondary N) is 1. The highest BCUT2D eigenvalue weighted by atomic mass is 35.5. The second kappa shape index (κ2) is 6.98. The van der Waals surface area contributed by atoms with E-state index in [0.29, 0.717) is 21.8 Å². The van der Waals surface area contributed by atoms with Gasteiger partial charge >= 0.3 is 0 Å². The van der Waals surface area contributed by atoms with E-state index in [2.05, 4.69) is 29.1 Å². The van der Waals surface area contributed by atoms with Crippen LogP contribution in [0.2, 0.25) is 5.02 Å². The minimum Gasteiger partial charge on any atom is -0.383 e. The lowest BCUT2D eigenvalue weighted by molar-refractivity contribution is 0.598. The van der Waals surface area contributed by atoms with E-state index in [0.717, 1.165) is 17.0 Å². The SMILES string of the molecule is CCNC(C)c1ccc(Sc2nc(N)cc(N)n2)cc1Cl. The number of benzene rings is 1. The number of aromatic nitrogens is 2. The van der Waals surface area contributed by atoms with Crippen LogP contribution in [-0.4, -0.2) is 16.5 Å². The Labute approximate surface area is 133 Å². The lowest BCUT2D eigenvalue weighted by Gasteiger charge is -2.15. The van der Waals surface area contributed by atoms with Crippen molar-refractivity contribution in [2.24, 2.45) is 0 Å². The summed E-state index contributed by atoms with van der Waals surface area (Å²) in [6.07, 6.45) is 0. The number of nitrogens with two attached hydrogens (primary N) is 2. The highest BCUT2D eigenvalue weighted by Gasteiger charge is 2.10. The molecule has 0 saturated carbocycles. The van der Waals surface area contributed by atoms with Crippen LogP contribution in [0.25, 0.3) is 0 Å². The average Bonchev–Trinajstić information content (AvgIpc) is 2.37. The lowest BCUT2D eigenvalue weighted by Crippen LogP contribution is -2.17. The number of anilines is 2. The molecular weight excluding hydrogens is 306 g/mol. The van der Waals surface area contributed by atoms with Crippen LogP contribution in [0.1, 0.15) is 25.5 Å². The van der Waals surface area contributed by atoms with Crippen molar-refractivity contribution in [2.45, 2.75) is 29.9 Å². The molecule has 0 aliphatic carbocycles. The Morgan fingerprint density at radius 3 is 2.48 bits per heavy atom.